The molecule has 3 aliphatic rings. The van der Waals surface area contributed by atoms with E-state index in [-0.39, 0.29) is 37.3 Å². The second kappa shape index (κ2) is 28.4. The number of esters is 2. The summed E-state index contributed by atoms with van der Waals surface area (Å²) in [6.07, 6.45) is 0.724. The van der Waals surface area contributed by atoms with E-state index < -0.39 is 96.4 Å². The second-order valence-corrected chi connectivity index (χ2v) is 20.3. The Bertz CT molecular complexity index is 1750. The number of hydrogen-bond acceptors (Lipinski definition) is 13. The van der Waals surface area contributed by atoms with E-state index in [1.807, 2.05) is 41.8 Å². The van der Waals surface area contributed by atoms with Crippen LogP contribution in [0.15, 0.2) is 24.3 Å². The van der Waals surface area contributed by atoms with Crippen LogP contribution in [0.1, 0.15) is 119 Å². The maximum Gasteiger partial charge on any atom is 0.329 e. The first-order valence-corrected chi connectivity index (χ1v) is 25.0. The highest BCUT2D eigenvalue weighted by atomic mass is 16.6. The predicted molar refractivity (Wildman–Crippen MR) is 260 cm³/mol. The quantitative estimate of drug-likeness (QED) is 0.194. The third-order valence-electron chi connectivity index (χ3n) is 13.2. The third-order valence-corrected chi connectivity index (χ3v) is 13.2. The number of aliphatic hydroxyl groups excluding tert-OH is 1. The molecule has 68 heavy (non-hydrogen) atoms. The molecule has 4 amide bonds. The number of fused-ring (bicyclic) bond motifs is 1. The molecule has 3 saturated heterocycles. The van der Waals surface area contributed by atoms with Gasteiger partial charge >= 0.3 is 11.9 Å². The van der Waals surface area contributed by atoms with Crippen LogP contribution < -0.4 is 20.7 Å². The van der Waals surface area contributed by atoms with Gasteiger partial charge in [-0.3, -0.25) is 24.0 Å². The van der Waals surface area contributed by atoms with Crippen LogP contribution in [0, 0.1) is 23.7 Å². The molecular weight excluding hydrogens is 873 g/mol. The van der Waals surface area contributed by atoms with E-state index in [1.54, 1.807) is 52.1 Å². The molecule has 386 valence electrons. The maximum atomic E-state index is 14.6. The molecule has 1 aromatic rings. The number of carbonyl (C=O) groups excluding carboxylic acids is 6. The van der Waals surface area contributed by atoms with Crippen molar-refractivity contribution in [3.05, 3.63) is 29.8 Å². The van der Waals surface area contributed by atoms with Crippen LogP contribution in [0.4, 0.5) is 0 Å². The van der Waals surface area contributed by atoms with E-state index in [1.165, 1.54) is 29.7 Å². The van der Waals surface area contributed by atoms with Crippen molar-refractivity contribution in [1.29, 1.82) is 0 Å². The lowest BCUT2D eigenvalue weighted by atomic mass is 9.92. The summed E-state index contributed by atoms with van der Waals surface area (Å²) in [5.74, 6) is -3.68. The van der Waals surface area contributed by atoms with Gasteiger partial charge in [-0.15, -0.1) is 0 Å². The average Bonchev–Trinajstić information content (AvgIpc) is 4.04. The lowest BCUT2D eigenvalue weighted by Gasteiger charge is -2.35. The minimum absolute atomic E-state index is 0.00597. The van der Waals surface area contributed by atoms with Crippen molar-refractivity contribution >= 4 is 35.6 Å². The molecule has 1 aromatic carbocycles. The molecule has 4 N–H and O–H groups in total. The Labute approximate surface area is 406 Å². The van der Waals surface area contributed by atoms with Gasteiger partial charge < -0.3 is 54.7 Å². The monoisotopic (exact) mass is 959 g/mol. The molecule has 4 rings (SSSR count). The molecule has 3 fully saturated rings. The van der Waals surface area contributed by atoms with Crippen molar-refractivity contribution in [2.45, 2.75) is 175 Å². The van der Waals surface area contributed by atoms with Crippen molar-refractivity contribution < 1.29 is 52.8 Å². The van der Waals surface area contributed by atoms with E-state index in [2.05, 4.69) is 34.7 Å². The van der Waals surface area contributed by atoms with Crippen LogP contribution in [-0.4, -0.2) is 164 Å². The summed E-state index contributed by atoms with van der Waals surface area (Å²) in [6, 6.07) is 1.90. The molecule has 3 heterocycles. The number of nitrogens with one attached hydrogen (secondary N) is 3. The Kier molecular flexibility index (Phi) is 24.2. The molecule has 17 nitrogen and oxygen atoms in total. The first-order valence-electron chi connectivity index (χ1n) is 25.0. The van der Waals surface area contributed by atoms with Gasteiger partial charge in [-0.2, -0.15) is 0 Å². The predicted octanol–water partition coefficient (Wildman–Crippen LogP) is 4.11. The number of amides is 4. The summed E-state index contributed by atoms with van der Waals surface area (Å²) in [5.41, 5.74) is 0.714. The number of carbonyl (C=O) groups is 6. The lowest BCUT2D eigenvalue weighted by Crippen LogP contribution is -2.59. The van der Waals surface area contributed by atoms with Crippen molar-refractivity contribution in [3.63, 3.8) is 0 Å². The molecule has 0 unspecified atom stereocenters. The van der Waals surface area contributed by atoms with E-state index in [0.29, 0.717) is 43.0 Å². The van der Waals surface area contributed by atoms with Crippen LogP contribution in [0.3, 0.4) is 0 Å². The fourth-order valence-corrected chi connectivity index (χ4v) is 8.89. The largest absolute Gasteiger partial charge is 0.497 e. The highest BCUT2D eigenvalue weighted by Crippen LogP contribution is 2.26. The smallest absolute Gasteiger partial charge is 0.329 e. The number of aliphatic hydroxyl groups is 1. The van der Waals surface area contributed by atoms with Gasteiger partial charge in [0.05, 0.1) is 25.7 Å². The topological polar surface area (TPSA) is 205 Å². The number of ether oxygens (including phenoxy) is 4. The highest BCUT2D eigenvalue weighted by Gasteiger charge is 2.44. The van der Waals surface area contributed by atoms with E-state index in [9.17, 15) is 33.9 Å². The first kappa shape index (κ1) is 58.0. The fourth-order valence-electron chi connectivity index (χ4n) is 8.89. The molecule has 0 spiro atoms. The SMILES string of the molecule is C1CCOC1.CC[C@H](C)[C@H]1NC(=O)[C@@H](NC[C@@H](CC(C)C)N(C)C)[C@@H](C)OC(=O)[C@H](Cc2ccc(OC)cc2)N(C)C(=O)[C@@H]2CCCN2C(=O)[C@H](CC(C)C)NC(=O)[C@H](C(C)C)OC(=O)C[C@@H]1O. The van der Waals surface area contributed by atoms with Gasteiger partial charge in [-0.05, 0) is 101 Å². The van der Waals surface area contributed by atoms with Crippen LogP contribution in [0.2, 0.25) is 0 Å². The minimum atomic E-state index is -1.41. The second-order valence-electron chi connectivity index (χ2n) is 20.3. The number of methoxy groups -OCH3 is 1. The Morgan fingerprint density at radius 2 is 1.53 bits per heavy atom. The highest BCUT2D eigenvalue weighted by molar-refractivity contribution is 5.95. The van der Waals surface area contributed by atoms with Gasteiger partial charge in [-0.25, -0.2) is 4.79 Å². The van der Waals surface area contributed by atoms with Crippen LogP contribution in [0.25, 0.3) is 0 Å². The molecule has 0 aromatic heterocycles. The number of nitrogens with zero attached hydrogens (tertiary/aromatic N) is 3. The number of likely N-dealkylation sites (N-methyl/N-ethyl adjacent to an activating group) is 2. The molecule has 0 saturated carbocycles. The minimum Gasteiger partial charge on any atom is -0.497 e. The fraction of sp³-hybridized carbons (Fsp3) is 0.765. The third kappa shape index (κ3) is 17.6. The average molecular weight is 959 g/mol. The van der Waals surface area contributed by atoms with Gasteiger partial charge in [0.1, 0.15) is 36.0 Å². The summed E-state index contributed by atoms with van der Waals surface area (Å²) in [7, 11) is 6.98. The summed E-state index contributed by atoms with van der Waals surface area (Å²) < 4.78 is 22.2. The van der Waals surface area contributed by atoms with Gasteiger partial charge in [0.15, 0.2) is 6.10 Å². The Hall–Kier alpha value is -4.32. The lowest BCUT2D eigenvalue weighted by molar-refractivity contribution is -0.162. The first-order chi connectivity index (χ1) is 32.1. The maximum absolute atomic E-state index is 14.6. The van der Waals surface area contributed by atoms with E-state index in [4.69, 9.17) is 18.9 Å². The number of benzene rings is 1. The zero-order valence-corrected chi connectivity index (χ0v) is 43.4. The Balaban J connectivity index is 0.00000229. The molecule has 17 heteroatoms. The standard InChI is InChI=1S/C47H78N6O10.C4H8O/c1-14-30(8)40-38(54)25-39(55)63-42(29(6)7)44(57)49-35(23-28(4)5)45(58)53-21-15-16-36(53)46(59)52(12)37(24-32-17-19-34(61-13)20-18-32)47(60)62-31(9)41(43(56)50-40)48-26-33(51(10)11)22-27(2)3;1-2-4-5-3-1/h17-20,27-31,33,35-38,40-42,48,54H,14-16,21-26H2,1-13H3,(H,49,57)(H,50,56);1-4H2/t30-,31+,33+,35-,36-,37-,38-,40+,41-,42-;/m0./s1. The van der Waals surface area contributed by atoms with Crippen LogP contribution in [-0.2, 0) is 49.4 Å². The Morgan fingerprint density at radius 1 is 0.882 bits per heavy atom. The van der Waals surface area contributed by atoms with Crippen molar-refractivity contribution in [2.24, 2.45) is 23.7 Å². The normalized spacial score (nSPS) is 27.2. The zero-order chi connectivity index (χ0) is 50.8. The zero-order valence-electron chi connectivity index (χ0n) is 43.4. The van der Waals surface area contributed by atoms with Gasteiger partial charge in [0.25, 0.3) is 5.91 Å². The van der Waals surface area contributed by atoms with Gasteiger partial charge in [0, 0.05) is 45.8 Å². The molecular formula is C51H86N6O11. The van der Waals surface area contributed by atoms with Crippen molar-refractivity contribution in [1.82, 2.24) is 30.7 Å². The number of rotatable bonds is 14. The van der Waals surface area contributed by atoms with Gasteiger partial charge in [-0.1, -0.05) is 73.9 Å². The van der Waals surface area contributed by atoms with Crippen molar-refractivity contribution in [3.8, 4) is 5.75 Å². The van der Waals surface area contributed by atoms with Gasteiger partial charge in [0.2, 0.25) is 17.7 Å². The number of cyclic esters (lactones) is 2. The summed E-state index contributed by atoms with van der Waals surface area (Å²) in [4.78, 5) is 90.6. The summed E-state index contributed by atoms with van der Waals surface area (Å²) in [6.45, 7) is 19.4. The summed E-state index contributed by atoms with van der Waals surface area (Å²) >= 11 is 0. The van der Waals surface area contributed by atoms with Crippen LogP contribution >= 0.6 is 0 Å². The van der Waals surface area contributed by atoms with E-state index >= 15 is 0 Å². The van der Waals surface area contributed by atoms with E-state index in [0.717, 1.165) is 19.6 Å². The molecule has 0 aliphatic carbocycles. The van der Waals surface area contributed by atoms with Crippen molar-refractivity contribution in [2.75, 3.05) is 54.6 Å². The summed E-state index contributed by atoms with van der Waals surface area (Å²) in [5, 5.41) is 20.8. The molecule has 0 bridgehead atoms. The molecule has 0 radical (unpaired) electrons. The number of hydrogen-bond donors (Lipinski definition) is 4. The molecule has 3 aliphatic heterocycles. The van der Waals surface area contributed by atoms with Crippen LogP contribution in [0.5, 0.6) is 5.75 Å². The Morgan fingerprint density at radius 3 is 2.06 bits per heavy atom. The molecule has 10 atom stereocenters.